The molecule has 0 unspecified atom stereocenters. The van der Waals surface area contributed by atoms with Crippen LogP contribution in [0.15, 0.2) is 144 Å². The Morgan fingerprint density at radius 2 is 1.07 bits per heavy atom. The zero-order valence-electron chi connectivity index (χ0n) is 24.2. The number of fused-ring (bicyclic) bond motifs is 9. The Labute approximate surface area is 260 Å². The highest BCUT2D eigenvalue weighted by Crippen LogP contribution is 2.40. The third kappa shape index (κ3) is 4.03. The van der Waals surface area contributed by atoms with E-state index in [1.807, 2.05) is 65.2 Å². The van der Waals surface area contributed by atoms with Gasteiger partial charge in [0, 0.05) is 32.8 Å². The molecule has 2 aromatic heterocycles. The average Bonchev–Trinajstić information content (AvgIpc) is 3.68. The summed E-state index contributed by atoms with van der Waals surface area (Å²) in [5.74, 6) is 0.652. The number of nitrogens with zero attached hydrogens (tertiary/aromatic N) is 2. The second-order valence-electron chi connectivity index (χ2n) is 11.5. The number of hydrogen-bond acceptors (Lipinski definition) is 2. The second kappa shape index (κ2) is 9.81. The molecule has 0 radical (unpaired) electrons. The second-order valence-corrected chi connectivity index (χ2v) is 11.5. The standard InChI is InChI=1S/C40H23F3N2O/c41-40(42,43)27-18-20-28(21-19-27)45-38-33-11-4-2-8-30(33)29-7-1-3-10-32(29)37(38)44-39(45)25-15-13-24(14-16-25)26-17-22-36-34(23-26)31-9-5-6-12-35(31)46-36/h1-23H. The summed E-state index contributed by atoms with van der Waals surface area (Å²) in [4.78, 5) is 5.21. The molecule has 0 amide bonds. The van der Waals surface area contributed by atoms with Crippen molar-refractivity contribution in [2.24, 2.45) is 0 Å². The number of furan rings is 1. The summed E-state index contributed by atoms with van der Waals surface area (Å²) in [5.41, 5.74) is 6.19. The van der Waals surface area contributed by atoms with Crippen molar-refractivity contribution in [3.63, 3.8) is 0 Å². The summed E-state index contributed by atoms with van der Waals surface area (Å²) in [7, 11) is 0. The quantitative estimate of drug-likeness (QED) is 0.188. The molecular formula is C40H23F3N2O. The maximum absolute atomic E-state index is 13.5. The predicted molar refractivity (Wildman–Crippen MR) is 179 cm³/mol. The SMILES string of the molecule is FC(F)(F)c1ccc(-n2c(-c3ccc(-c4ccc5oc6ccccc6c5c4)cc3)nc3c4ccccc4c4ccccc4c32)cc1. The van der Waals surface area contributed by atoms with Gasteiger partial charge in [0.2, 0.25) is 0 Å². The zero-order chi connectivity index (χ0) is 31.0. The van der Waals surface area contributed by atoms with Gasteiger partial charge in [0.1, 0.15) is 17.0 Å². The van der Waals surface area contributed by atoms with Gasteiger partial charge in [0.25, 0.3) is 0 Å². The maximum atomic E-state index is 13.5. The first-order chi connectivity index (χ1) is 22.4. The first-order valence-corrected chi connectivity index (χ1v) is 15.0. The molecular weight excluding hydrogens is 581 g/mol. The third-order valence-electron chi connectivity index (χ3n) is 8.84. The fourth-order valence-corrected chi connectivity index (χ4v) is 6.67. The van der Waals surface area contributed by atoms with E-state index in [0.717, 1.165) is 83.3 Å². The fourth-order valence-electron chi connectivity index (χ4n) is 6.67. The number of para-hydroxylation sites is 1. The Balaban J connectivity index is 1.26. The molecule has 0 bridgehead atoms. The number of benzene rings is 7. The minimum absolute atomic E-state index is 0.604. The molecule has 2 heterocycles. The Morgan fingerprint density at radius 3 is 1.78 bits per heavy atom. The molecule has 0 atom stereocenters. The van der Waals surface area contributed by atoms with Gasteiger partial charge in [-0.25, -0.2) is 4.98 Å². The van der Waals surface area contributed by atoms with Crippen molar-refractivity contribution in [3.05, 3.63) is 145 Å². The third-order valence-corrected chi connectivity index (χ3v) is 8.84. The van der Waals surface area contributed by atoms with Crippen LogP contribution in [0.2, 0.25) is 0 Å². The molecule has 0 aliphatic carbocycles. The van der Waals surface area contributed by atoms with Crippen LogP contribution in [0, 0.1) is 0 Å². The molecule has 3 nitrogen and oxygen atoms in total. The number of imidazole rings is 1. The van der Waals surface area contributed by atoms with Crippen molar-refractivity contribution in [2.45, 2.75) is 6.18 Å². The van der Waals surface area contributed by atoms with Gasteiger partial charge in [0.15, 0.2) is 0 Å². The van der Waals surface area contributed by atoms with E-state index in [-0.39, 0.29) is 0 Å². The van der Waals surface area contributed by atoms with E-state index >= 15 is 0 Å². The zero-order valence-corrected chi connectivity index (χ0v) is 24.2. The van der Waals surface area contributed by atoms with E-state index in [4.69, 9.17) is 9.40 Å². The number of alkyl halides is 3. The molecule has 9 rings (SSSR count). The van der Waals surface area contributed by atoms with Crippen LogP contribution in [0.5, 0.6) is 0 Å². The van der Waals surface area contributed by atoms with Crippen LogP contribution in [0.25, 0.3) is 82.7 Å². The fraction of sp³-hybridized carbons (Fsp3) is 0.0250. The smallest absolute Gasteiger partial charge is 0.416 e. The van der Waals surface area contributed by atoms with Gasteiger partial charge in [-0.15, -0.1) is 0 Å². The molecule has 0 spiro atoms. The van der Waals surface area contributed by atoms with Crippen molar-refractivity contribution in [1.82, 2.24) is 9.55 Å². The van der Waals surface area contributed by atoms with Gasteiger partial charge in [-0.1, -0.05) is 97.1 Å². The van der Waals surface area contributed by atoms with Gasteiger partial charge in [-0.3, -0.25) is 4.57 Å². The average molecular weight is 605 g/mol. The largest absolute Gasteiger partial charge is 0.456 e. The normalized spacial score (nSPS) is 12.2. The molecule has 0 fully saturated rings. The van der Waals surface area contributed by atoms with Crippen molar-refractivity contribution >= 4 is 54.5 Å². The number of hydrogen-bond donors (Lipinski definition) is 0. The highest BCUT2D eigenvalue weighted by Gasteiger charge is 2.30. The maximum Gasteiger partial charge on any atom is 0.416 e. The lowest BCUT2D eigenvalue weighted by Crippen LogP contribution is -2.05. The highest BCUT2D eigenvalue weighted by atomic mass is 19.4. The molecule has 7 aromatic carbocycles. The van der Waals surface area contributed by atoms with Crippen LogP contribution in [-0.2, 0) is 6.18 Å². The van der Waals surface area contributed by atoms with Gasteiger partial charge in [-0.05, 0) is 64.4 Å². The van der Waals surface area contributed by atoms with Crippen molar-refractivity contribution in [3.8, 4) is 28.2 Å². The lowest BCUT2D eigenvalue weighted by atomic mass is 10.00. The van der Waals surface area contributed by atoms with E-state index in [1.54, 1.807) is 0 Å². The van der Waals surface area contributed by atoms with Gasteiger partial charge >= 0.3 is 6.18 Å². The van der Waals surface area contributed by atoms with Crippen molar-refractivity contribution < 1.29 is 17.6 Å². The minimum Gasteiger partial charge on any atom is -0.456 e. The lowest BCUT2D eigenvalue weighted by molar-refractivity contribution is -0.137. The monoisotopic (exact) mass is 604 g/mol. The van der Waals surface area contributed by atoms with Gasteiger partial charge < -0.3 is 4.42 Å². The summed E-state index contributed by atoms with van der Waals surface area (Å²) >= 11 is 0. The molecule has 6 heteroatoms. The van der Waals surface area contributed by atoms with Crippen LogP contribution in [0.1, 0.15) is 5.56 Å². The number of rotatable bonds is 3. The van der Waals surface area contributed by atoms with E-state index < -0.39 is 11.7 Å². The van der Waals surface area contributed by atoms with Crippen LogP contribution in [-0.4, -0.2) is 9.55 Å². The van der Waals surface area contributed by atoms with E-state index in [1.165, 1.54) is 12.1 Å². The van der Waals surface area contributed by atoms with E-state index in [2.05, 4.69) is 54.6 Å². The summed E-state index contributed by atoms with van der Waals surface area (Å²) in [6.07, 6.45) is -4.43. The van der Waals surface area contributed by atoms with E-state index in [9.17, 15) is 13.2 Å². The molecule has 0 saturated heterocycles. The first kappa shape index (κ1) is 26.5. The molecule has 0 saturated carbocycles. The summed E-state index contributed by atoms with van der Waals surface area (Å²) < 4.78 is 48.6. The van der Waals surface area contributed by atoms with Crippen LogP contribution in [0.4, 0.5) is 13.2 Å². The Hall–Kier alpha value is -5.88. The Bertz CT molecular complexity index is 2610. The Morgan fingerprint density at radius 1 is 0.500 bits per heavy atom. The highest BCUT2D eigenvalue weighted by molar-refractivity contribution is 6.24. The summed E-state index contributed by atoms with van der Waals surface area (Å²) in [5, 5.41) is 6.22. The number of aromatic nitrogens is 2. The number of halogens is 3. The van der Waals surface area contributed by atoms with Crippen LogP contribution in [0.3, 0.4) is 0 Å². The van der Waals surface area contributed by atoms with Crippen LogP contribution >= 0.6 is 0 Å². The Kier molecular flexibility index (Phi) is 5.66. The molecule has 0 N–H and O–H groups in total. The molecule has 9 aromatic rings. The van der Waals surface area contributed by atoms with Gasteiger partial charge in [0.05, 0.1) is 16.6 Å². The van der Waals surface area contributed by atoms with Crippen molar-refractivity contribution in [1.29, 1.82) is 0 Å². The molecule has 0 aliphatic rings. The summed E-state index contributed by atoms with van der Waals surface area (Å²) in [6.45, 7) is 0. The lowest BCUT2D eigenvalue weighted by Gasteiger charge is -2.14. The van der Waals surface area contributed by atoms with Crippen molar-refractivity contribution in [2.75, 3.05) is 0 Å². The minimum atomic E-state index is -4.43. The topological polar surface area (TPSA) is 31.0 Å². The molecule has 46 heavy (non-hydrogen) atoms. The summed E-state index contributed by atoms with van der Waals surface area (Å²) in [6, 6.07) is 43.9. The van der Waals surface area contributed by atoms with E-state index in [0.29, 0.717) is 11.5 Å². The molecule has 220 valence electrons. The van der Waals surface area contributed by atoms with Gasteiger partial charge in [-0.2, -0.15) is 13.2 Å². The predicted octanol–water partition coefficient (Wildman–Crippen LogP) is 11.6. The van der Waals surface area contributed by atoms with Crippen LogP contribution < -0.4 is 0 Å². The molecule has 0 aliphatic heterocycles. The first-order valence-electron chi connectivity index (χ1n) is 15.0.